The van der Waals surface area contributed by atoms with E-state index in [0.29, 0.717) is 12.5 Å². The molecule has 0 bridgehead atoms. The van der Waals surface area contributed by atoms with Crippen molar-refractivity contribution in [2.24, 2.45) is 0 Å². The number of fused-ring (bicyclic) bond motifs is 1. The summed E-state index contributed by atoms with van der Waals surface area (Å²) in [5.74, 6) is 1.04. The third-order valence-electron chi connectivity index (χ3n) is 3.23. The van der Waals surface area contributed by atoms with Crippen LogP contribution in [-0.4, -0.2) is 21.3 Å². The van der Waals surface area contributed by atoms with Crippen molar-refractivity contribution in [3.63, 3.8) is 0 Å². The van der Waals surface area contributed by atoms with Gasteiger partial charge in [0.2, 0.25) is 0 Å². The van der Waals surface area contributed by atoms with Crippen LogP contribution in [0.3, 0.4) is 0 Å². The maximum absolute atomic E-state index is 9.09. The van der Waals surface area contributed by atoms with Gasteiger partial charge in [0.15, 0.2) is 0 Å². The average Bonchev–Trinajstić information content (AvgIpc) is 3.02. The summed E-state index contributed by atoms with van der Waals surface area (Å²) in [7, 11) is 0. The molecule has 3 heteroatoms. The number of benzene rings is 1. The Morgan fingerprint density at radius 2 is 2.25 bits per heavy atom. The minimum Gasteiger partial charge on any atom is -0.396 e. The first-order valence-electron chi connectivity index (χ1n) is 5.88. The van der Waals surface area contributed by atoms with Crippen molar-refractivity contribution < 1.29 is 5.11 Å². The highest BCUT2D eigenvalue weighted by Gasteiger charge is 2.28. The summed E-state index contributed by atoms with van der Waals surface area (Å²) < 4.78 is 2.33. The molecule has 0 atom stereocenters. The quantitative estimate of drug-likeness (QED) is 0.854. The smallest absolute Gasteiger partial charge is 0.112 e. The number of aliphatic hydroxyl groups excluding tert-OH is 1. The van der Waals surface area contributed by atoms with Crippen LogP contribution in [-0.2, 0) is 6.42 Å². The van der Waals surface area contributed by atoms with E-state index >= 15 is 0 Å². The number of imidazole rings is 1. The largest absolute Gasteiger partial charge is 0.396 e. The van der Waals surface area contributed by atoms with Gasteiger partial charge in [-0.3, -0.25) is 0 Å². The average molecular weight is 216 g/mol. The summed E-state index contributed by atoms with van der Waals surface area (Å²) in [6, 6.07) is 6.85. The van der Waals surface area contributed by atoms with Crippen LogP contribution in [0.15, 0.2) is 18.2 Å². The van der Waals surface area contributed by atoms with Gasteiger partial charge in [0.25, 0.3) is 0 Å². The summed E-state index contributed by atoms with van der Waals surface area (Å²) >= 11 is 0. The molecule has 1 fully saturated rings. The van der Waals surface area contributed by atoms with E-state index in [1.54, 1.807) is 0 Å². The van der Waals surface area contributed by atoms with E-state index in [1.807, 2.05) is 6.07 Å². The maximum Gasteiger partial charge on any atom is 0.112 e. The van der Waals surface area contributed by atoms with Crippen LogP contribution in [0.25, 0.3) is 11.0 Å². The molecule has 0 saturated heterocycles. The highest BCUT2D eigenvalue weighted by Crippen LogP contribution is 2.39. The fourth-order valence-electron chi connectivity index (χ4n) is 2.37. The predicted molar refractivity (Wildman–Crippen MR) is 63.5 cm³/mol. The summed E-state index contributed by atoms with van der Waals surface area (Å²) in [6.45, 7) is 2.31. The summed E-state index contributed by atoms with van der Waals surface area (Å²) in [4.78, 5) is 4.63. The Balaban J connectivity index is 2.25. The maximum atomic E-state index is 9.09. The van der Waals surface area contributed by atoms with Crippen LogP contribution in [0.1, 0.15) is 30.3 Å². The second-order valence-electron chi connectivity index (χ2n) is 4.55. The van der Waals surface area contributed by atoms with Gasteiger partial charge in [0.05, 0.1) is 17.6 Å². The van der Waals surface area contributed by atoms with E-state index in [9.17, 15) is 0 Å². The van der Waals surface area contributed by atoms with Gasteiger partial charge in [-0.25, -0.2) is 4.98 Å². The van der Waals surface area contributed by atoms with Crippen molar-refractivity contribution in [1.29, 1.82) is 0 Å². The molecule has 0 radical (unpaired) electrons. The summed E-state index contributed by atoms with van der Waals surface area (Å²) in [6.07, 6.45) is 3.15. The molecule has 0 aliphatic heterocycles. The molecule has 3 rings (SSSR count). The molecule has 1 heterocycles. The van der Waals surface area contributed by atoms with Crippen molar-refractivity contribution in [1.82, 2.24) is 9.55 Å². The van der Waals surface area contributed by atoms with Crippen molar-refractivity contribution in [3.8, 4) is 0 Å². The second kappa shape index (κ2) is 3.59. The Morgan fingerprint density at radius 3 is 2.94 bits per heavy atom. The van der Waals surface area contributed by atoms with E-state index < -0.39 is 0 Å². The number of aryl methyl sites for hydroxylation is 1. The van der Waals surface area contributed by atoms with Gasteiger partial charge < -0.3 is 9.67 Å². The Kier molecular flexibility index (Phi) is 2.21. The first kappa shape index (κ1) is 9.85. The Morgan fingerprint density at radius 1 is 1.44 bits per heavy atom. The van der Waals surface area contributed by atoms with E-state index in [0.717, 1.165) is 11.3 Å². The van der Waals surface area contributed by atoms with Crippen molar-refractivity contribution in [2.45, 2.75) is 32.2 Å². The molecule has 0 amide bonds. The van der Waals surface area contributed by atoms with Crippen LogP contribution in [0, 0.1) is 6.92 Å². The van der Waals surface area contributed by atoms with E-state index in [4.69, 9.17) is 5.11 Å². The lowest BCUT2D eigenvalue weighted by Crippen LogP contribution is -2.04. The lowest BCUT2D eigenvalue weighted by atomic mass is 10.2. The van der Waals surface area contributed by atoms with E-state index in [1.165, 1.54) is 23.9 Å². The lowest BCUT2D eigenvalue weighted by molar-refractivity contribution is 0.295. The number of rotatable bonds is 3. The molecule has 1 aromatic heterocycles. The third kappa shape index (κ3) is 1.43. The predicted octanol–water partition coefficient (Wildman–Crippen LogP) is 2.21. The highest BCUT2D eigenvalue weighted by atomic mass is 16.3. The van der Waals surface area contributed by atoms with Gasteiger partial charge in [-0.15, -0.1) is 0 Å². The fraction of sp³-hybridized carbons (Fsp3) is 0.462. The van der Waals surface area contributed by atoms with Crippen LogP contribution in [0.5, 0.6) is 0 Å². The number of hydrogen-bond donors (Lipinski definition) is 1. The molecule has 0 spiro atoms. The molecule has 84 valence electrons. The Hall–Kier alpha value is -1.35. The zero-order valence-corrected chi connectivity index (χ0v) is 9.48. The molecule has 1 saturated carbocycles. The standard InChI is InChI=1S/C13H16N2O/c1-9-3-2-4-11-13(9)15(10-5-6-10)12(14-11)7-8-16/h2-4,10,16H,5-8H2,1H3. The number of aromatic nitrogens is 2. The first-order chi connectivity index (χ1) is 7.81. The molecule has 16 heavy (non-hydrogen) atoms. The highest BCUT2D eigenvalue weighted by molar-refractivity contribution is 5.79. The number of nitrogens with zero attached hydrogens (tertiary/aromatic N) is 2. The minimum absolute atomic E-state index is 0.176. The van der Waals surface area contributed by atoms with Crippen LogP contribution >= 0.6 is 0 Å². The summed E-state index contributed by atoms with van der Waals surface area (Å²) in [5, 5.41) is 9.09. The van der Waals surface area contributed by atoms with E-state index in [-0.39, 0.29) is 6.61 Å². The SMILES string of the molecule is Cc1cccc2nc(CCO)n(C3CC3)c12. The second-order valence-corrected chi connectivity index (χ2v) is 4.55. The van der Waals surface area contributed by atoms with Gasteiger partial charge >= 0.3 is 0 Å². The molecule has 1 N–H and O–H groups in total. The van der Waals surface area contributed by atoms with Crippen molar-refractivity contribution >= 4 is 11.0 Å². The normalized spacial score (nSPS) is 15.9. The molecule has 2 aromatic rings. The van der Waals surface area contributed by atoms with Gasteiger partial charge in [-0.1, -0.05) is 12.1 Å². The Labute approximate surface area is 94.7 Å². The zero-order valence-electron chi connectivity index (χ0n) is 9.48. The molecule has 0 unspecified atom stereocenters. The third-order valence-corrected chi connectivity index (χ3v) is 3.23. The van der Waals surface area contributed by atoms with Gasteiger partial charge in [-0.05, 0) is 31.4 Å². The van der Waals surface area contributed by atoms with E-state index in [2.05, 4.69) is 28.6 Å². The fourth-order valence-corrected chi connectivity index (χ4v) is 2.37. The van der Waals surface area contributed by atoms with Crippen molar-refractivity contribution in [3.05, 3.63) is 29.6 Å². The molecule has 3 nitrogen and oxygen atoms in total. The van der Waals surface area contributed by atoms with Gasteiger partial charge in [0.1, 0.15) is 5.82 Å². The topological polar surface area (TPSA) is 38.1 Å². The Bertz CT molecular complexity index is 526. The number of para-hydroxylation sites is 1. The zero-order chi connectivity index (χ0) is 11.1. The van der Waals surface area contributed by atoms with Crippen LogP contribution in [0.2, 0.25) is 0 Å². The number of aliphatic hydroxyl groups is 1. The van der Waals surface area contributed by atoms with Gasteiger partial charge in [0, 0.05) is 12.5 Å². The molecular weight excluding hydrogens is 200 g/mol. The lowest BCUT2D eigenvalue weighted by Gasteiger charge is -2.07. The molecule has 1 aliphatic carbocycles. The van der Waals surface area contributed by atoms with Gasteiger partial charge in [-0.2, -0.15) is 0 Å². The summed E-state index contributed by atoms with van der Waals surface area (Å²) in [5.41, 5.74) is 3.60. The van der Waals surface area contributed by atoms with Crippen LogP contribution in [0.4, 0.5) is 0 Å². The molecular formula is C13H16N2O. The minimum atomic E-state index is 0.176. The first-order valence-corrected chi connectivity index (χ1v) is 5.88. The monoisotopic (exact) mass is 216 g/mol. The van der Waals surface area contributed by atoms with Crippen LogP contribution < -0.4 is 0 Å². The number of hydrogen-bond acceptors (Lipinski definition) is 2. The molecule has 1 aromatic carbocycles. The molecule has 1 aliphatic rings. The van der Waals surface area contributed by atoms with Crippen molar-refractivity contribution in [2.75, 3.05) is 6.61 Å².